The molecule has 0 atom stereocenters. The minimum absolute atomic E-state index is 0.0701. The fourth-order valence-corrected chi connectivity index (χ4v) is 1.74. The van der Waals surface area contributed by atoms with Gasteiger partial charge < -0.3 is 5.11 Å². The number of hydrogen-bond donors (Lipinski definition) is 1. The summed E-state index contributed by atoms with van der Waals surface area (Å²) < 4.78 is 0.956. The lowest BCUT2D eigenvalue weighted by molar-refractivity contribution is 0.281. The Bertz CT molecular complexity index is 321. The lowest BCUT2D eigenvalue weighted by atomic mass is 10.1. The molecule has 0 heterocycles. The second-order valence-corrected chi connectivity index (χ2v) is 4.54. The van der Waals surface area contributed by atoms with Gasteiger partial charge in [-0.05, 0) is 29.7 Å². The molecule has 0 bridgehead atoms. The Morgan fingerprint density at radius 1 is 1.36 bits per heavy atom. The molecule has 1 rings (SSSR count). The molecular weight excluding hydrogens is 308 g/mol. The van der Waals surface area contributed by atoms with Gasteiger partial charge in [-0.25, -0.2) is 0 Å². The average Bonchev–Trinajstić information content (AvgIpc) is 2.21. The van der Waals surface area contributed by atoms with Crippen LogP contribution in [-0.4, -0.2) is 10.4 Å². The standard InChI is InChI=1S/C11H12Br2O/c12-6-2-1-3-9-4-5-11(13)10(7-9)8-14/h1,3-5,7,14H,2,6,8H2. The fourth-order valence-electron chi connectivity index (χ4n) is 1.10. The minimum Gasteiger partial charge on any atom is -0.392 e. The molecule has 0 radical (unpaired) electrons. The number of benzene rings is 1. The van der Waals surface area contributed by atoms with Gasteiger partial charge in [0.05, 0.1) is 6.61 Å². The van der Waals surface area contributed by atoms with Crippen molar-refractivity contribution in [1.82, 2.24) is 0 Å². The Balaban J connectivity index is 2.79. The molecule has 0 saturated heterocycles. The van der Waals surface area contributed by atoms with Gasteiger partial charge >= 0.3 is 0 Å². The second kappa shape index (κ2) is 6.38. The summed E-state index contributed by atoms with van der Waals surface area (Å²) in [6.07, 6.45) is 5.19. The van der Waals surface area contributed by atoms with Crippen LogP contribution in [0, 0.1) is 0 Å². The maximum atomic E-state index is 9.05. The van der Waals surface area contributed by atoms with Gasteiger partial charge in [-0.3, -0.25) is 0 Å². The number of halogens is 2. The Morgan fingerprint density at radius 2 is 2.14 bits per heavy atom. The Labute approximate surface area is 101 Å². The lowest BCUT2D eigenvalue weighted by Gasteiger charge is -2.01. The molecular formula is C11H12Br2O. The van der Waals surface area contributed by atoms with Crippen LogP contribution in [0.15, 0.2) is 28.7 Å². The summed E-state index contributed by atoms with van der Waals surface area (Å²) in [5, 5.41) is 10.0. The van der Waals surface area contributed by atoms with Crippen molar-refractivity contribution < 1.29 is 5.11 Å². The van der Waals surface area contributed by atoms with E-state index in [0.717, 1.165) is 27.4 Å². The van der Waals surface area contributed by atoms with E-state index in [4.69, 9.17) is 5.11 Å². The molecule has 0 amide bonds. The monoisotopic (exact) mass is 318 g/mol. The molecule has 0 fully saturated rings. The van der Waals surface area contributed by atoms with E-state index in [1.165, 1.54) is 0 Å². The molecule has 1 aromatic carbocycles. The zero-order chi connectivity index (χ0) is 10.4. The van der Waals surface area contributed by atoms with Gasteiger partial charge in [0.25, 0.3) is 0 Å². The normalized spacial score (nSPS) is 11.1. The van der Waals surface area contributed by atoms with Gasteiger partial charge in [0.1, 0.15) is 0 Å². The summed E-state index contributed by atoms with van der Waals surface area (Å²) in [4.78, 5) is 0. The van der Waals surface area contributed by atoms with Gasteiger partial charge in [0, 0.05) is 9.80 Å². The van der Waals surface area contributed by atoms with Crippen LogP contribution in [0.25, 0.3) is 6.08 Å². The minimum atomic E-state index is 0.0701. The quantitative estimate of drug-likeness (QED) is 0.838. The van der Waals surface area contributed by atoms with Crippen molar-refractivity contribution in [3.05, 3.63) is 39.9 Å². The number of aliphatic hydroxyl groups excluding tert-OH is 1. The SMILES string of the molecule is OCc1cc(C=CCCBr)ccc1Br. The summed E-state index contributed by atoms with van der Waals surface area (Å²) in [6.45, 7) is 0.0701. The highest BCUT2D eigenvalue weighted by atomic mass is 79.9. The second-order valence-electron chi connectivity index (χ2n) is 2.89. The van der Waals surface area contributed by atoms with E-state index >= 15 is 0 Å². The third-order valence-electron chi connectivity index (χ3n) is 1.83. The van der Waals surface area contributed by atoms with Crippen LogP contribution in [0.4, 0.5) is 0 Å². The maximum Gasteiger partial charge on any atom is 0.0693 e. The van der Waals surface area contributed by atoms with Gasteiger partial charge in [0.2, 0.25) is 0 Å². The first-order chi connectivity index (χ1) is 6.77. The van der Waals surface area contributed by atoms with Gasteiger partial charge in [-0.1, -0.05) is 50.1 Å². The van der Waals surface area contributed by atoms with Crippen molar-refractivity contribution in [2.24, 2.45) is 0 Å². The maximum absolute atomic E-state index is 9.05. The fraction of sp³-hybridized carbons (Fsp3) is 0.273. The summed E-state index contributed by atoms with van der Waals surface area (Å²) in [6, 6.07) is 5.96. The summed E-state index contributed by atoms with van der Waals surface area (Å²) in [5.41, 5.74) is 2.05. The molecule has 0 spiro atoms. The molecule has 0 aliphatic heterocycles. The van der Waals surface area contributed by atoms with Crippen molar-refractivity contribution in [3.8, 4) is 0 Å². The summed E-state index contributed by atoms with van der Waals surface area (Å²) in [7, 11) is 0. The van der Waals surface area contributed by atoms with E-state index < -0.39 is 0 Å². The molecule has 3 heteroatoms. The molecule has 14 heavy (non-hydrogen) atoms. The molecule has 1 nitrogen and oxygen atoms in total. The zero-order valence-electron chi connectivity index (χ0n) is 7.71. The third-order valence-corrected chi connectivity index (χ3v) is 3.06. The van der Waals surface area contributed by atoms with Crippen LogP contribution in [0.1, 0.15) is 17.5 Å². The van der Waals surface area contributed by atoms with Crippen LogP contribution in [0.2, 0.25) is 0 Å². The Kier molecular flexibility index (Phi) is 5.45. The van der Waals surface area contributed by atoms with E-state index in [9.17, 15) is 0 Å². The number of allylic oxidation sites excluding steroid dienone is 1. The average molecular weight is 320 g/mol. The topological polar surface area (TPSA) is 20.2 Å². The van der Waals surface area contributed by atoms with Crippen LogP contribution in [-0.2, 0) is 6.61 Å². The highest BCUT2D eigenvalue weighted by Gasteiger charge is 1.97. The highest BCUT2D eigenvalue weighted by Crippen LogP contribution is 2.19. The summed E-state index contributed by atoms with van der Waals surface area (Å²) >= 11 is 6.74. The molecule has 76 valence electrons. The molecule has 0 saturated carbocycles. The van der Waals surface area contributed by atoms with Crippen molar-refractivity contribution >= 4 is 37.9 Å². The van der Waals surface area contributed by atoms with Gasteiger partial charge in [-0.15, -0.1) is 0 Å². The van der Waals surface area contributed by atoms with Crippen molar-refractivity contribution in [3.63, 3.8) is 0 Å². The summed E-state index contributed by atoms with van der Waals surface area (Å²) in [5.74, 6) is 0. The first-order valence-corrected chi connectivity index (χ1v) is 6.31. The number of rotatable bonds is 4. The Morgan fingerprint density at radius 3 is 2.79 bits per heavy atom. The number of hydrogen-bond acceptors (Lipinski definition) is 1. The first kappa shape index (κ1) is 12.0. The van der Waals surface area contributed by atoms with E-state index in [0.29, 0.717) is 0 Å². The van der Waals surface area contributed by atoms with E-state index in [2.05, 4.69) is 44.0 Å². The zero-order valence-corrected chi connectivity index (χ0v) is 10.9. The highest BCUT2D eigenvalue weighted by molar-refractivity contribution is 9.10. The van der Waals surface area contributed by atoms with Crippen molar-refractivity contribution in [2.45, 2.75) is 13.0 Å². The van der Waals surface area contributed by atoms with E-state index in [1.54, 1.807) is 0 Å². The Hall–Kier alpha value is -0.120. The van der Waals surface area contributed by atoms with E-state index in [1.807, 2.05) is 18.2 Å². The predicted octanol–water partition coefficient (Wildman–Crippen LogP) is 3.74. The largest absolute Gasteiger partial charge is 0.392 e. The molecule has 0 aromatic heterocycles. The number of alkyl halides is 1. The molecule has 1 N–H and O–H groups in total. The molecule has 1 aromatic rings. The molecule has 0 aliphatic carbocycles. The van der Waals surface area contributed by atoms with Crippen molar-refractivity contribution in [2.75, 3.05) is 5.33 Å². The van der Waals surface area contributed by atoms with Crippen molar-refractivity contribution in [1.29, 1.82) is 0 Å². The third kappa shape index (κ3) is 3.56. The molecule has 0 aliphatic rings. The smallest absolute Gasteiger partial charge is 0.0693 e. The van der Waals surface area contributed by atoms with Crippen LogP contribution in [0.5, 0.6) is 0 Å². The number of aliphatic hydroxyl groups is 1. The van der Waals surface area contributed by atoms with Crippen LogP contribution >= 0.6 is 31.9 Å². The van der Waals surface area contributed by atoms with Crippen LogP contribution in [0.3, 0.4) is 0 Å². The predicted molar refractivity (Wildman–Crippen MR) is 67.5 cm³/mol. The van der Waals surface area contributed by atoms with E-state index in [-0.39, 0.29) is 6.61 Å². The molecule has 0 unspecified atom stereocenters. The van der Waals surface area contributed by atoms with Gasteiger partial charge in [0.15, 0.2) is 0 Å². The van der Waals surface area contributed by atoms with Gasteiger partial charge in [-0.2, -0.15) is 0 Å². The lowest BCUT2D eigenvalue weighted by Crippen LogP contribution is -1.85. The first-order valence-electron chi connectivity index (χ1n) is 4.39. The van der Waals surface area contributed by atoms with Crippen LogP contribution < -0.4 is 0 Å².